The molecule has 0 amide bonds. The van der Waals surface area contributed by atoms with E-state index in [0.29, 0.717) is 12.2 Å². The van der Waals surface area contributed by atoms with E-state index in [0.717, 1.165) is 16.6 Å². The summed E-state index contributed by atoms with van der Waals surface area (Å²) in [6, 6.07) is 15.2. The van der Waals surface area contributed by atoms with Crippen LogP contribution in [-0.4, -0.2) is 22.4 Å². The number of carbonyl (C=O) groups excluding carboxylic acids is 1. The van der Waals surface area contributed by atoms with Gasteiger partial charge in [0.25, 0.3) is 0 Å². The molecule has 0 N–H and O–H groups in total. The van der Waals surface area contributed by atoms with Crippen molar-refractivity contribution >= 4 is 16.9 Å². The van der Waals surface area contributed by atoms with Crippen LogP contribution in [0.3, 0.4) is 0 Å². The lowest BCUT2D eigenvalue weighted by atomic mass is 10.2. The Labute approximate surface area is 116 Å². The molecule has 100 valence electrons. The summed E-state index contributed by atoms with van der Waals surface area (Å²) in [6.45, 7) is 2.17. The third-order valence-corrected chi connectivity index (χ3v) is 3.06. The summed E-state index contributed by atoms with van der Waals surface area (Å²) in [5, 5.41) is 5.58. The number of hydrogen-bond donors (Lipinski definition) is 0. The molecule has 0 unspecified atom stereocenters. The van der Waals surface area contributed by atoms with Crippen molar-refractivity contribution in [2.24, 2.45) is 0 Å². The van der Waals surface area contributed by atoms with Crippen LogP contribution in [0, 0.1) is 0 Å². The zero-order chi connectivity index (χ0) is 13.9. The first kappa shape index (κ1) is 12.4. The van der Waals surface area contributed by atoms with E-state index in [9.17, 15) is 4.79 Å². The molecule has 3 rings (SSSR count). The quantitative estimate of drug-likeness (QED) is 0.684. The Bertz CT molecular complexity index is 712. The summed E-state index contributed by atoms with van der Waals surface area (Å²) < 4.78 is 6.77. The van der Waals surface area contributed by atoms with Gasteiger partial charge in [0.2, 0.25) is 0 Å². The van der Waals surface area contributed by atoms with Crippen LogP contribution >= 0.6 is 0 Å². The molecule has 4 heteroatoms. The number of carbonyl (C=O) groups is 1. The SMILES string of the molecule is CCOC(=O)c1ccc(-n2cc3ccccc3n2)cc1. The normalized spacial score (nSPS) is 10.7. The predicted octanol–water partition coefficient (Wildman–Crippen LogP) is 3.20. The first-order valence-corrected chi connectivity index (χ1v) is 6.50. The van der Waals surface area contributed by atoms with Gasteiger partial charge in [-0.25, -0.2) is 9.48 Å². The smallest absolute Gasteiger partial charge is 0.338 e. The number of hydrogen-bond acceptors (Lipinski definition) is 3. The minimum atomic E-state index is -0.301. The molecule has 1 aromatic heterocycles. The van der Waals surface area contributed by atoms with E-state index in [-0.39, 0.29) is 5.97 Å². The molecule has 20 heavy (non-hydrogen) atoms. The highest BCUT2D eigenvalue weighted by Crippen LogP contribution is 2.16. The lowest BCUT2D eigenvalue weighted by Crippen LogP contribution is -2.04. The molecule has 0 saturated heterocycles. The van der Waals surface area contributed by atoms with E-state index < -0.39 is 0 Å². The van der Waals surface area contributed by atoms with Gasteiger partial charge in [-0.15, -0.1) is 0 Å². The maximum atomic E-state index is 11.6. The Hall–Kier alpha value is -2.62. The average molecular weight is 266 g/mol. The number of esters is 1. The largest absolute Gasteiger partial charge is 0.462 e. The van der Waals surface area contributed by atoms with Crippen LogP contribution in [0.2, 0.25) is 0 Å². The molecule has 0 saturated carbocycles. The Morgan fingerprint density at radius 1 is 1.15 bits per heavy atom. The summed E-state index contributed by atoms with van der Waals surface area (Å²) in [4.78, 5) is 11.6. The summed E-state index contributed by atoms with van der Waals surface area (Å²) in [5.41, 5.74) is 2.41. The monoisotopic (exact) mass is 266 g/mol. The topological polar surface area (TPSA) is 44.1 Å². The highest BCUT2D eigenvalue weighted by atomic mass is 16.5. The Morgan fingerprint density at radius 3 is 2.60 bits per heavy atom. The van der Waals surface area contributed by atoms with Gasteiger partial charge in [0, 0.05) is 11.6 Å². The minimum absolute atomic E-state index is 0.301. The van der Waals surface area contributed by atoms with E-state index in [2.05, 4.69) is 5.10 Å². The van der Waals surface area contributed by atoms with Crippen LogP contribution in [-0.2, 0) is 4.74 Å². The van der Waals surface area contributed by atoms with Gasteiger partial charge in [0.15, 0.2) is 0 Å². The molecule has 4 nitrogen and oxygen atoms in total. The summed E-state index contributed by atoms with van der Waals surface area (Å²) in [7, 11) is 0. The first-order valence-electron chi connectivity index (χ1n) is 6.50. The van der Waals surface area contributed by atoms with Gasteiger partial charge in [-0.3, -0.25) is 0 Å². The van der Waals surface area contributed by atoms with Gasteiger partial charge in [-0.05, 0) is 37.3 Å². The van der Waals surface area contributed by atoms with Crippen molar-refractivity contribution in [3.63, 3.8) is 0 Å². The molecule has 0 atom stereocenters. The van der Waals surface area contributed by atoms with E-state index in [1.165, 1.54) is 0 Å². The highest BCUT2D eigenvalue weighted by Gasteiger charge is 2.07. The van der Waals surface area contributed by atoms with Crippen LogP contribution in [0.5, 0.6) is 0 Å². The van der Waals surface area contributed by atoms with Gasteiger partial charge in [0.05, 0.1) is 23.4 Å². The standard InChI is InChI=1S/C16H14N2O2/c1-2-20-16(19)12-7-9-14(10-8-12)18-11-13-5-3-4-6-15(13)17-18/h3-11H,2H2,1H3. The van der Waals surface area contributed by atoms with E-state index >= 15 is 0 Å². The highest BCUT2D eigenvalue weighted by molar-refractivity contribution is 5.89. The molecule has 1 heterocycles. The predicted molar refractivity (Wildman–Crippen MR) is 77.0 cm³/mol. The van der Waals surface area contributed by atoms with Crippen molar-refractivity contribution in [2.45, 2.75) is 6.92 Å². The molecule has 3 aromatic rings. The lowest BCUT2D eigenvalue weighted by molar-refractivity contribution is 0.0526. The Balaban J connectivity index is 1.92. The van der Waals surface area contributed by atoms with E-state index in [1.54, 1.807) is 23.7 Å². The van der Waals surface area contributed by atoms with Crippen molar-refractivity contribution in [1.29, 1.82) is 0 Å². The van der Waals surface area contributed by atoms with Crippen molar-refractivity contribution in [3.05, 3.63) is 60.3 Å². The van der Waals surface area contributed by atoms with Crippen molar-refractivity contribution < 1.29 is 9.53 Å². The molecule has 0 bridgehead atoms. The molecule has 0 aliphatic heterocycles. The first-order chi connectivity index (χ1) is 9.78. The number of benzene rings is 2. The number of fused-ring (bicyclic) bond motifs is 1. The van der Waals surface area contributed by atoms with Gasteiger partial charge in [0.1, 0.15) is 0 Å². The van der Waals surface area contributed by atoms with E-state index in [4.69, 9.17) is 4.74 Å². The molecule has 0 spiro atoms. The molecule has 2 aromatic carbocycles. The Kier molecular flexibility index (Phi) is 3.21. The summed E-state index contributed by atoms with van der Waals surface area (Å²) in [6.07, 6.45) is 1.97. The summed E-state index contributed by atoms with van der Waals surface area (Å²) >= 11 is 0. The maximum absolute atomic E-state index is 11.6. The zero-order valence-electron chi connectivity index (χ0n) is 11.1. The number of nitrogens with zero attached hydrogens (tertiary/aromatic N) is 2. The molecular formula is C16H14N2O2. The van der Waals surface area contributed by atoms with Gasteiger partial charge < -0.3 is 4.74 Å². The van der Waals surface area contributed by atoms with Crippen LogP contribution in [0.25, 0.3) is 16.6 Å². The second-order valence-electron chi connectivity index (χ2n) is 4.40. The van der Waals surface area contributed by atoms with E-state index in [1.807, 2.05) is 42.6 Å². The van der Waals surface area contributed by atoms with Crippen molar-refractivity contribution in [1.82, 2.24) is 9.78 Å². The fourth-order valence-corrected chi connectivity index (χ4v) is 2.06. The van der Waals surface area contributed by atoms with Crippen LogP contribution in [0.15, 0.2) is 54.7 Å². The van der Waals surface area contributed by atoms with Crippen molar-refractivity contribution in [2.75, 3.05) is 6.61 Å². The number of ether oxygens (including phenoxy) is 1. The molecule has 0 radical (unpaired) electrons. The fourth-order valence-electron chi connectivity index (χ4n) is 2.06. The lowest BCUT2D eigenvalue weighted by Gasteiger charge is -2.04. The zero-order valence-corrected chi connectivity index (χ0v) is 11.1. The second-order valence-corrected chi connectivity index (χ2v) is 4.40. The molecule has 0 aliphatic carbocycles. The van der Waals surface area contributed by atoms with Crippen LogP contribution < -0.4 is 0 Å². The number of aromatic nitrogens is 2. The third kappa shape index (κ3) is 2.28. The molecule has 0 aliphatic rings. The Morgan fingerprint density at radius 2 is 1.90 bits per heavy atom. The molecular weight excluding hydrogens is 252 g/mol. The third-order valence-electron chi connectivity index (χ3n) is 3.06. The summed E-state index contributed by atoms with van der Waals surface area (Å²) in [5.74, 6) is -0.301. The van der Waals surface area contributed by atoms with Crippen LogP contribution in [0.1, 0.15) is 17.3 Å². The average Bonchev–Trinajstić information content (AvgIpc) is 2.91. The van der Waals surface area contributed by atoms with Crippen molar-refractivity contribution in [3.8, 4) is 5.69 Å². The van der Waals surface area contributed by atoms with Gasteiger partial charge in [-0.2, -0.15) is 5.10 Å². The number of rotatable bonds is 3. The fraction of sp³-hybridized carbons (Fsp3) is 0.125. The van der Waals surface area contributed by atoms with Gasteiger partial charge in [-0.1, -0.05) is 18.2 Å². The van der Waals surface area contributed by atoms with Gasteiger partial charge >= 0.3 is 5.97 Å². The van der Waals surface area contributed by atoms with Crippen LogP contribution in [0.4, 0.5) is 0 Å². The second kappa shape index (κ2) is 5.17. The minimum Gasteiger partial charge on any atom is -0.462 e. The molecule has 0 fully saturated rings. The maximum Gasteiger partial charge on any atom is 0.338 e.